The fraction of sp³-hybridized carbons (Fsp3) is 0.333. The molecule has 1 heterocycles. The number of hydrogen-bond donors (Lipinski definition) is 2. The Hall–Kier alpha value is -3.28. The second kappa shape index (κ2) is 9.48. The zero-order chi connectivity index (χ0) is 21.6. The van der Waals surface area contributed by atoms with E-state index in [9.17, 15) is 9.59 Å². The van der Waals surface area contributed by atoms with Crippen molar-refractivity contribution in [1.29, 1.82) is 0 Å². The van der Waals surface area contributed by atoms with Gasteiger partial charge in [0.05, 0.1) is 11.1 Å². The fourth-order valence-electron chi connectivity index (χ4n) is 3.35. The molecule has 158 valence electrons. The second-order valence-electron chi connectivity index (χ2n) is 8.03. The van der Waals surface area contributed by atoms with Crippen LogP contribution in [-0.2, 0) is 11.2 Å². The highest BCUT2D eigenvalue weighted by Gasteiger charge is 2.37. The van der Waals surface area contributed by atoms with Crippen LogP contribution in [0.15, 0.2) is 61.2 Å². The molecule has 3 rings (SSSR count). The minimum atomic E-state index is -0.647. The molecule has 6 heteroatoms. The molecule has 0 aliphatic carbocycles. The van der Waals surface area contributed by atoms with Crippen molar-refractivity contribution in [2.45, 2.75) is 26.7 Å². The average molecular weight is 408 g/mol. The number of carbonyl (C=O) groups excluding carboxylic acids is 2. The molecule has 0 saturated carbocycles. The van der Waals surface area contributed by atoms with Gasteiger partial charge in [-0.05, 0) is 50.5 Å². The Morgan fingerprint density at radius 1 is 1.23 bits per heavy atom. The summed E-state index contributed by atoms with van der Waals surface area (Å²) in [6.45, 7) is 8.72. The molecule has 0 saturated heterocycles. The van der Waals surface area contributed by atoms with E-state index in [0.29, 0.717) is 36.8 Å². The molecular weight excluding hydrogens is 378 g/mol. The van der Waals surface area contributed by atoms with Crippen molar-refractivity contribution in [1.82, 2.24) is 5.32 Å². The van der Waals surface area contributed by atoms with Gasteiger partial charge in [0.1, 0.15) is 12.4 Å². The maximum absolute atomic E-state index is 12.9. The number of rotatable bonds is 7. The molecule has 0 spiro atoms. The standard InChI is InChI=1S/C24H29N3O3/c1-4-15-27-20-16-19(12-13-21(20)30-17-24(2,3)22(27)28)26-23(29)25-14-8-11-18-9-6-5-7-10-18/h4-7,9-10,12-13,16H,1,8,11,14-15,17H2,2-3H3,(H2,25,26,29). The molecule has 0 atom stereocenters. The van der Waals surface area contributed by atoms with E-state index in [4.69, 9.17) is 4.74 Å². The summed E-state index contributed by atoms with van der Waals surface area (Å²) in [7, 11) is 0. The first-order chi connectivity index (χ1) is 14.4. The van der Waals surface area contributed by atoms with Gasteiger partial charge in [0.2, 0.25) is 5.91 Å². The third-order valence-electron chi connectivity index (χ3n) is 5.00. The van der Waals surface area contributed by atoms with Gasteiger partial charge < -0.3 is 20.3 Å². The lowest BCUT2D eigenvalue weighted by molar-refractivity contribution is -0.127. The van der Waals surface area contributed by atoms with Gasteiger partial charge in [-0.2, -0.15) is 0 Å². The van der Waals surface area contributed by atoms with Crippen molar-refractivity contribution < 1.29 is 14.3 Å². The predicted molar refractivity (Wildman–Crippen MR) is 120 cm³/mol. The van der Waals surface area contributed by atoms with E-state index in [1.165, 1.54) is 5.56 Å². The first kappa shape index (κ1) is 21.4. The zero-order valence-corrected chi connectivity index (χ0v) is 17.6. The van der Waals surface area contributed by atoms with Gasteiger partial charge in [0.15, 0.2) is 0 Å². The number of nitrogens with one attached hydrogen (secondary N) is 2. The van der Waals surface area contributed by atoms with Crippen molar-refractivity contribution in [2.75, 3.05) is 29.9 Å². The van der Waals surface area contributed by atoms with Gasteiger partial charge >= 0.3 is 6.03 Å². The Labute approximate surface area is 177 Å². The lowest BCUT2D eigenvalue weighted by Crippen LogP contribution is -2.42. The van der Waals surface area contributed by atoms with Crippen LogP contribution in [0.5, 0.6) is 5.75 Å². The van der Waals surface area contributed by atoms with Crippen LogP contribution in [0, 0.1) is 5.41 Å². The van der Waals surface area contributed by atoms with E-state index in [1.807, 2.05) is 32.0 Å². The van der Waals surface area contributed by atoms with E-state index in [1.54, 1.807) is 29.2 Å². The average Bonchev–Trinajstić information content (AvgIpc) is 2.82. The Morgan fingerprint density at radius 3 is 2.73 bits per heavy atom. The summed E-state index contributed by atoms with van der Waals surface area (Å²) in [6, 6.07) is 15.2. The minimum absolute atomic E-state index is 0.0383. The smallest absolute Gasteiger partial charge is 0.319 e. The first-order valence-corrected chi connectivity index (χ1v) is 10.2. The van der Waals surface area contributed by atoms with Crippen LogP contribution in [0.2, 0.25) is 0 Å². The van der Waals surface area contributed by atoms with Crippen LogP contribution in [0.4, 0.5) is 16.2 Å². The Balaban J connectivity index is 1.62. The lowest BCUT2D eigenvalue weighted by atomic mass is 9.93. The van der Waals surface area contributed by atoms with E-state index in [0.717, 1.165) is 12.8 Å². The Morgan fingerprint density at radius 2 is 2.00 bits per heavy atom. The zero-order valence-electron chi connectivity index (χ0n) is 17.6. The summed E-state index contributed by atoms with van der Waals surface area (Å²) in [5.74, 6) is 0.577. The highest BCUT2D eigenvalue weighted by molar-refractivity contribution is 6.00. The first-order valence-electron chi connectivity index (χ1n) is 10.2. The Kier molecular flexibility index (Phi) is 6.77. The largest absolute Gasteiger partial charge is 0.490 e. The molecule has 3 amide bonds. The molecule has 2 aromatic rings. The number of benzene rings is 2. The number of ether oxygens (including phenoxy) is 1. The number of amides is 3. The number of urea groups is 1. The molecule has 1 aliphatic heterocycles. The molecular formula is C24H29N3O3. The van der Waals surface area contributed by atoms with Crippen molar-refractivity contribution in [3.05, 3.63) is 66.7 Å². The van der Waals surface area contributed by atoms with Gasteiger partial charge in [0, 0.05) is 18.8 Å². The Bertz CT molecular complexity index is 909. The fourth-order valence-corrected chi connectivity index (χ4v) is 3.35. The van der Waals surface area contributed by atoms with E-state index in [2.05, 4.69) is 29.3 Å². The molecule has 0 aromatic heterocycles. The molecule has 0 fully saturated rings. The number of fused-ring (bicyclic) bond motifs is 1. The summed E-state index contributed by atoms with van der Waals surface area (Å²) in [4.78, 5) is 26.9. The van der Waals surface area contributed by atoms with E-state index < -0.39 is 5.41 Å². The SMILES string of the molecule is C=CCN1C(=O)C(C)(C)COc2ccc(NC(=O)NCCCc3ccccc3)cc21. The van der Waals surface area contributed by atoms with Crippen LogP contribution in [0.1, 0.15) is 25.8 Å². The van der Waals surface area contributed by atoms with Crippen LogP contribution in [-0.4, -0.2) is 31.6 Å². The number of nitrogens with zero attached hydrogens (tertiary/aromatic N) is 1. The van der Waals surface area contributed by atoms with Crippen molar-refractivity contribution in [3.8, 4) is 5.75 Å². The maximum Gasteiger partial charge on any atom is 0.319 e. The second-order valence-corrected chi connectivity index (χ2v) is 8.03. The topological polar surface area (TPSA) is 70.7 Å². The summed E-state index contributed by atoms with van der Waals surface area (Å²) in [6.07, 6.45) is 3.44. The third-order valence-corrected chi connectivity index (χ3v) is 5.00. The molecule has 0 unspecified atom stereocenters. The highest BCUT2D eigenvalue weighted by atomic mass is 16.5. The number of aryl methyl sites for hydroxylation is 1. The molecule has 2 N–H and O–H groups in total. The van der Waals surface area contributed by atoms with Gasteiger partial charge in [-0.25, -0.2) is 4.79 Å². The number of hydrogen-bond acceptors (Lipinski definition) is 3. The van der Waals surface area contributed by atoms with Crippen LogP contribution in [0.25, 0.3) is 0 Å². The van der Waals surface area contributed by atoms with Crippen molar-refractivity contribution >= 4 is 23.3 Å². The predicted octanol–water partition coefficient (Wildman–Crippen LogP) is 4.38. The van der Waals surface area contributed by atoms with Gasteiger partial charge in [-0.1, -0.05) is 36.4 Å². The summed E-state index contributed by atoms with van der Waals surface area (Å²) in [5.41, 5.74) is 1.83. The van der Waals surface area contributed by atoms with E-state index in [-0.39, 0.29) is 11.9 Å². The molecule has 0 radical (unpaired) electrons. The molecule has 2 aromatic carbocycles. The van der Waals surface area contributed by atoms with Crippen molar-refractivity contribution in [2.24, 2.45) is 5.41 Å². The number of carbonyl (C=O) groups is 2. The number of anilines is 2. The van der Waals surface area contributed by atoms with Gasteiger partial charge in [-0.15, -0.1) is 6.58 Å². The lowest BCUT2D eigenvalue weighted by Gasteiger charge is -2.27. The summed E-state index contributed by atoms with van der Waals surface area (Å²) >= 11 is 0. The third kappa shape index (κ3) is 5.20. The van der Waals surface area contributed by atoms with E-state index >= 15 is 0 Å². The molecule has 0 bridgehead atoms. The van der Waals surface area contributed by atoms with Gasteiger partial charge in [-0.3, -0.25) is 4.79 Å². The van der Waals surface area contributed by atoms with Crippen LogP contribution >= 0.6 is 0 Å². The van der Waals surface area contributed by atoms with Crippen LogP contribution in [0.3, 0.4) is 0 Å². The highest BCUT2D eigenvalue weighted by Crippen LogP contribution is 2.38. The summed E-state index contributed by atoms with van der Waals surface area (Å²) < 4.78 is 5.87. The maximum atomic E-state index is 12.9. The monoisotopic (exact) mass is 407 g/mol. The molecule has 1 aliphatic rings. The minimum Gasteiger partial charge on any atom is -0.490 e. The molecule has 30 heavy (non-hydrogen) atoms. The summed E-state index contributed by atoms with van der Waals surface area (Å²) in [5, 5.41) is 5.71. The normalized spacial score (nSPS) is 14.9. The van der Waals surface area contributed by atoms with Gasteiger partial charge in [0.25, 0.3) is 0 Å². The quantitative estimate of drug-likeness (QED) is 0.529. The van der Waals surface area contributed by atoms with Crippen LogP contribution < -0.4 is 20.3 Å². The molecule has 6 nitrogen and oxygen atoms in total. The van der Waals surface area contributed by atoms with Crippen molar-refractivity contribution in [3.63, 3.8) is 0 Å².